The van der Waals surface area contributed by atoms with Gasteiger partial charge in [0.15, 0.2) is 5.82 Å². The van der Waals surface area contributed by atoms with Crippen molar-refractivity contribution >= 4 is 54.4 Å². The molecule has 0 aliphatic carbocycles. The number of hydrogen-bond acceptors (Lipinski definition) is 2. The monoisotopic (exact) mass is 688 g/mol. The van der Waals surface area contributed by atoms with E-state index in [0.29, 0.717) is 5.82 Å². The quantitative estimate of drug-likeness (QED) is 0.180. The highest BCUT2D eigenvalue weighted by Gasteiger charge is 2.21. The van der Waals surface area contributed by atoms with Gasteiger partial charge in [0.05, 0.1) is 39.1 Å². The highest BCUT2D eigenvalue weighted by atomic mass is 15.0. The summed E-state index contributed by atoms with van der Waals surface area (Å²) in [5.74, 6) is 0.711. The average Bonchev–Trinajstić information content (AvgIpc) is 3.77. The van der Waals surface area contributed by atoms with Crippen LogP contribution in [0.1, 0.15) is 0 Å². The normalized spacial score (nSPS) is 11.7. The van der Waals surface area contributed by atoms with Crippen molar-refractivity contribution in [1.29, 1.82) is 0 Å². The van der Waals surface area contributed by atoms with Gasteiger partial charge >= 0.3 is 0 Å². The molecule has 0 N–H and O–H groups in total. The van der Waals surface area contributed by atoms with Gasteiger partial charge in [0.2, 0.25) is 0 Å². The van der Waals surface area contributed by atoms with Crippen LogP contribution in [0.4, 0.5) is 0 Å². The third-order valence-corrected chi connectivity index (χ3v) is 10.7. The van der Waals surface area contributed by atoms with Crippen LogP contribution in [0.2, 0.25) is 0 Å². The van der Waals surface area contributed by atoms with E-state index >= 15 is 0 Å². The summed E-state index contributed by atoms with van der Waals surface area (Å²) in [4.78, 5) is 10.1. The van der Waals surface area contributed by atoms with Crippen LogP contribution in [0.5, 0.6) is 0 Å². The summed E-state index contributed by atoms with van der Waals surface area (Å²) in [6.07, 6.45) is 0. The van der Waals surface area contributed by atoms with Gasteiger partial charge in [-0.2, -0.15) is 0 Å². The van der Waals surface area contributed by atoms with E-state index < -0.39 is 0 Å². The van der Waals surface area contributed by atoms with Crippen LogP contribution < -0.4 is 0 Å². The van der Waals surface area contributed by atoms with E-state index in [0.717, 1.165) is 33.8 Å². The summed E-state index contributed by atoms with van der Waals surface area (Å²) in [6.45, 7) is 0. The smallest absolute Gasteiger partial charge is 0.160 e. The van der Waals surface area contributed by atoms with Gasteiger partial charge in [-0.3, -0.25) is 0 Å². The predicted molar refractivity (Wildman–Crippen MR) is 225 cm³/mol. The lowest BCUT2D eigenvalue weighted by Gasteiger charge is -2.13. The van der Waals surface area contributed by atoms with Crippen LogP contribution in [0.15, 0.2) is 194 Å². The first-order chi connectivity index (χ1) is 26.8. The van der Waals surface area contributed by atoms with E-state index in [2.05, 4.69) is 179 Å². The molecule has 4 nitrogen and oxygen atoms in total. The minimum Gasteiger partial charge on any atom is -0.309 e. The molecular weight excluding hydrogens is 657 g/mol. The molecule has 0 saturated heterocycles. The summed E-state index contributed by atoms with van der Waals surface area (Å²) in [5, 5.41) is 7.40. The standard InChI is InChI=1S/C50H32N4/c1-3-15-34(16-4-1)42-32-43(52-50(51-42)36-17-5-2-6-18-36)35-26-28-37(29-27-35)53-45-23-11-9-21-39(45)40-30-31-47-48(49(40)53)41-22-10-12-24-46(41)54(47)44-25-13-19-33-14-7-8-20-38(33)44/h1-32H. The Labute approximate surface area is 311 Å². The molecule has 0 spiro atoms. The SMILES string of the molecule is c1ccc(-c2cc(-c3ccc(-n4c5ccccc5c5ccc6c(c7ccccc7n6-c6cccc7ccccc67)c54)cc3)nc(-c3ccccc3)n2)cc1. The lowest BCUT2D eigenvalue weighted by molar-refractivity contribution is 1.17. The Morgan fingerprint density at radius 3 is 1.67 bits per heavy atom. The Balaban J connectivity index is 1.14. The molecule has 0 amide bonds. The number of fused-ring (bicyclic) bond motifs is 8. The average molecular weight is 689 g/mol. The van der Waals surface area contributed by atoms with E-state index in [4.69, 9.17) is 9.97 Å². The second-order valence-electron chi connectivity index (χ2n) is 13.8. The molecule has 4 heteroatoms. The predicted octanol–water partition coefficient (Wildman–Crippen LogP) is 12.8. The van der Waals surface area contributed by atoms with Crippen molar-refractivity contribution in [1.82, 2.24) is 19.1 Å². The number of aromatic nitrogens is 4. The summed E-state index contributed by atoms with van der Waals surface area (Å²) in [7, 11) is 0. The zero-order valence-electron chi connectivity index (χ0n) is 29.3. The Bertz CT molecular complexity index is 3130. The molecule has 0 aliphatic rings. The third-order valence-electron chi connectivity index (χ3n) is 10.7. The first kappa shape index (κ1) is 30.3. The molecule has 3 aromatic heterocycles. The Hall–Kier alpha value is -7.30. The Kier molecular flexibility index (Phi) is 6.82. The van der Waals surface area contributed by atoms with Crippen molar-refractivity contribution < 1.29 is 0 Å². The summed E-state index contributed by atoms with van der Waals surface area (Å²) in [5.41, 5.74) is 11.9. The number of rotatable bonds is 5. The zero-order valence-corrected chi connectivity index (χ0v) is 29.3. The number of nitrogens with zero attached hydrogens (tertiary/aromatic N) is 4. The summed E-state index contributed by atoms with van der Waals surface area (Å²) < 4.78 is 4.89. The van der Waals surface area contributed by atoms with Gasteiger partial charge in [-0.1, -0.05) is 152 Å². The van der Waals surface area contributed by atoms with Crippen LogP contribution in [0.25, 0.3) is 99.7 Å². The number of para-hydroxylation sites is 2. The van der Waals surface area contributed by atoms with E-state index in [1.807, 2.05) is 24.3 Å². The number of hydrogen-bond donors (Lipinski definition) is 0. The molecular formula is C50H32N4. The van der Waals surface area contributed by atoms with E-state index in [9.17, 15) is 0 Å². The first-order valence-corrected chi connectivity index (χ1v) is 18.3. The van der Waals surface area contributed by atoms with Gasteiger partial charge in [0.1, 0.15) is 0 Å². The van der Waals surface area contributed by atoms with Gasteiger partial charge in [-0.25, -0.2) is 9.97 Å². The fourth-order valence-corrected chi connectivity index (χ4v) is 8.29. The molecule has 54 heavy (non-hydrogen) atoms. The van der Waals surface area contributed by atoms with Crippen LogP contribution in [0.3, 0.4) is 0 Å². The second-order valence-corrected chi connectivity index (χ2v) is 13.8. The van der Waals surface area contributed by atoms with Crippen LogP contribution in [-0.4, -0.2) is 19.1 Å². The molecule has 0 atom stereocenters. The Morgan fingerprint density at radius 2 is 0.926 bits per heavy atom. The van der Waals surface area contributed by atoms with Crippen molar-refractivity contribution in [2.75, 3.05) is 0 Å². The maximum absolute atomic E-state index is 5.10. The van der Waals surface area contributed by atoms with Gasteiger partial charge in [0.25, 0.3) is 0 Å². The fraction of sp³-hybridized carbons (Fsp3) is 0. The topological polar surface area (TPSA) is 35.6 Å². The molecule has 0 bridgehead atoms. The largest absolute Gasteiger partial charge is 0.309 e. The Morgan fingerprint density at radius 1 is 0.352 bits per heavy atom. The summed E-state index contributed by atoms with van der Waals surface area (Å²) in [6, 6.07) is 69.0. The molecule has 0 radical (unpaired) electrons. The molecule has 3 heterocycles. The van der Waals surface area contributed by atoms with Gasteiger partial charge < -0.3 is 9.13 Å². The lowest BCUT2D eigenvalue weighted by atomic mass is 10.1. The minimum atomic E-state index is 0.711. The van der Waals surface area contributed by atoms with E-state index in [1.165, 1.54) is 60.1 Å². The van der Waals surface area contributed by atoms with E-state index in [1.54, 1.807) is 0 Å². The third kappa shape index (κ3) is 4.70. The highest BCUT2D eigenvalue weighted by molar-refractivity contribution is 6.26. The molecule has 8 aromatic carbocycles. The van der Waals surface area contributed by atoms with Crippen LogP contribution in [0, 0.1) is 0 Å². The fourth-order valence-electron chi connectivity index (χ4n) is 8.29. The van der Waals surface area contributed by atoms with E-state index in [-0.39, 0.29) is 0 Å². The maximum atomic E-state index is 5.10. The van der Waals surface area contributed by atoms with Crippen molar-refractivity contribution in [2.45, 2.75) is 0 Å². The summed E-state index contributed by atoms with van der Waals surface area (Å²) >= 11 is 0. The lowest BCUT2D eigenvalue weighted by Crippen LogP contribution is -1.97. The second kappa shape index (κ2) is 12.1. The first-order valence-electron chi connectivity index (χ1n) is 18.3. The molecule has 252 valence electrons. The van der Waals surface area contributed by atoms with Gasteiger partial charge in [-0.05, 0) is 47.9 Å². The molecule has 11 aromatic rings. The zero-order chi connectivity index (χ0) is 35.6. The van der Waals surface area contributed by atoms with Crippen molar-refractivity contribution in [2.24, 2.45) is 0 Å². The van der Waals surface area contributed by atoms with Crippen molar-refractivity contribution in [3.05, 3.63) is 194 Å². The molecule has 0 saturated carbocycles. The molecule has 0 aliphatic heterocycles. The molecule has 0 unspecified atom stereocenters. The van der Waals surface area contributed by atoms with Gasteiger partial charge in [0, 0.05) is 49.3 Å². The van der Waals surface area contributed by atoms with Crippen molar-refractivity contribution in [3.8, 4) is 45.3 Å². The highest BCUT2D eigenvalue weighted by Crippen LogP contribution is 2.43. The van der Waals surface area contributed by atoms with Crippen LogP contribution in [-0.2, 0) is 0 Å². The molecule has 0 fully saturated rings. The van der Waals surface area contributed by atoms with Crippen LogP contribution >= 0.6 is 0 Å². The maximum Gasteiger partial charge on any atom is 0.160 e. The minimum absolute atomic E-state index is 0.711. The van der Waals surface area contributed by atoms with Gasteiger partial charge in [-0.15, -0.1) is 0 Å². The van der Waals surface area contributed by atoms with Crippen molar-refractivity contribution in [3.63, 3.8) is 0 Å². The number of benzene rings is 8. The molecule has 11 rings (SSSR count).